The number of rotatable bonds is 3. The minimum atomic E-state index is -0.192. The molecule has 3 heteroatoms. The van der Waals surface area contributed by atoms with E-state index in [1.807, 2.05) is 37.3 Å². The second-order valence-corrected chi connectivity index (χ2v) is 4.16. The van der Waals surface area contributed by atoms with Gasteiger partial charge in [0, 0.05) is 5.56 Å². The number of hydrogen-bond donors (Lipinski definition) is 2. The molecule has 2 aromatic carbocycles. The SMILES string of the molecule is CC(NC(=O)c1cccc(O)c1)c1ccccc1. The first-order valence-electron chi connectivity index (χ1n) is 5.81. The summed E-state index contributed by atoms with van der Waals surface area (Å²) in [6.45, 7) is 1.93. The minimum absolute atomic E-state index is 0.0685. The van der Waals surface area contributed by atoms with Crippen LogP contribution in [0.4, 0.5) is 0 Å². The molecule has 1 amide bonds. The molecule has 2 aromatic rings. The molecule has 92 valence electrons. The van der Waals surface area contributed by atoms with E-state index in [4.69, 9.17) is 0 Å². The molecule has 0 saturated heterocycles. The highest BCUT2D eigenvalue weighted by Gasteiger charge is 2.11. The lowest BCUT2D eigenvalue weighted by molar-refractivity contribution is 0.0939. The fraction of sp³-hybridized carbons (Fsp3) is 0.133. The van der Waals surface area contributed by atoms with E-state index in [1.54, 1.807) is 12.1 Å². The maximum Gasteiger partial charge on any atom is 0.251 e. The molecule has 0 aliphatic heterocycles. The topological polar surface area (TPSA) is 49.3 Å². The Bertz CT molecular complexity index is 537. The molecule has 1 atom stereocenters. The molecule has 1 unspecified atom stereocenters. The Hall–Kier alpha value is -2.29. The van der Waals surface area contributed by atoms with Gasteiger partial charge in [-0.25, -0.2) is 0 Å². The van der Waals surface area contributed by atoms with Gasteiger partial charge in [-0.05, 0) is 30.7 Å². The molecule has 3 nitrogen and oxygen atoms in total. The van der Waals surface area contributed by atoms with Gasteiger partial charge in [-0.2, -0.15) is 0 Å². The second kappa shape index (κ2) is 5.36. The number of aromatic hydroxyl groups is 1. The van der Waals surface area contributed by atoms with Gasteiger partial charge in [0.2, 0.25) is 0 Å². The fourth-order valence-electron chi connectivity index (χ4n) is 1.75. The third-order valence-electron chi connectivity index (χ3n) is 2.76. The largest absolute Gasteiger partial charge is 0.508 e. The first-order valence-corrected chi connectivity index (χ1v) is 5.81. The lowest BCUT2D eigenvalue weighted by Crippen LogP contribution is -2.26. The zero-order chi connectivity index (χ0) is 13.0. The normalized spacial score (nSPS) is 11.8. The highest BCUT2D eigenvalue weighted by Crippen LogP contribution is 2.14. The lowest BCUT2D eigenvalue weighted by atomic mass is 10.1. The monoisotopic (exact) mass is 241 g/mol. The quantitative estimate of drug-likeness (QED) is 0.868. The first-order chi connectivity index (χ1) is 8.66. The van der Waals surface area contributed by atoms with E-state index < -0.39 is 0 Å². The molecule has 2 N–H and O–H groups in total. The standard InChI is InChI=1S/C15H15NO2/c1-11(12-6-3-2-4-7-12)16-15(18)13-8-5-9-14(17)10-13/h2-11,17H,1H3,(H,16,18). The summed E-state index contributed by atoms with van der Waals surface area (Å²) in [5.74, 6) is -0.0998. The van der Waals surface area contributed by atoms with Crippen LogP contribution >= 0.6 is 0 Å². The number of nitrogens with one attached hydrogen (secondary N) is 1. The number of carbonyl (C=O) groups is 1. The second-order valence-electron chi connectivity index (χ2n) is 4.16. The van der Waals surface area contributed by atoms with Crippen LogP contribution in [-0.2, 0) is 0 Å². The van der Waals surface area contributed by atoms with Crippen molar-refractivity contribution in [3.63, 3.8) is 0 Å². The van der Waals surface area contributed by atoms with Crippen LogP contribution in [0.2, 0.25) is 0 Å². The molecule has 18 heavy (non-hydrogen) atoms. The Morgan fingerprint density at radius 3 is 2.50 bits per heavy atom. The van der Waals surface area contributed by atoms with Gasteiger partial charge < -0.3 is 10.4 Å². The van der Waals surface area contributed by atoms with Crippen LogP contribution in [0.15, 0.2) is 54.6 Å². The zero-order valence-electron chi connectivity index (χ0n) is 10.1. The van der Waals surface area contributed by atoms with Crippen LogP contribution in [0.1, 0.15) is 28.9 Å². The summed E-state index contributed by atoms with van der Waals surface area (Å²) >= 11 is 0. The number of amides is 1. The predicted molar refractivity (Wildman–Crippen MR) is 70.4 cm³/mol. The molecule has 0 heterocycles. The Labute approximate surface area is 106 Å². The van der Waals surface area contributed by atoms with E-state index >= 15 is 0 Å². The molecule has 0 spiro atoms. The summed E-state index contributed by atoms with van der Waals surface area (Å²) in [7, 11) is 0. The molecule has 0 radical (unpaired) electrons. The minimum Gasteiger partial charge on any atom is -0.508 e. The van der Waals surface area contributed by atoms with Crippen molar-refractivity contribution < 1.29 is 9.90 Å². The van der Waals surface area contributed by atoms with Crippen molar-refractivity contribution in [1.29, 1.82) is 0 Å². The van der Waals surface area contributed by atoms with Gasteiger partial charge in [0.1, 0.15) is 5.75 Å². The molecule has 0 saturated carbocycles. The number of hydrogen-bond acceptors (Lipinski definition) is 2. The third-order valence-corrected chi connectivity index (χ3v) is 2.76. The zero-order valence-corrected chi connectivity index (χ0v) is 10.1. The van der Waals surface area contributed by atoms with Gasteiger partial charge in [-0.15, -0.1) is 0 Å². The van der Waals surface area contributed by atoms with E-state index in [9.17, 15) is 9.90 Å². The van der Waals surface area contributed by atoms with Crippen molar-refractivity contribution in [3.8, 4) is 5.75 Å². The van der Waals surface area contributed by atoms with Gasteiger partial charge in [0.15, 0.2) is 0 Å². The van der Waals surface area contributed by atoms with Gasteiger partial charge in [-0.1, -0.05) is 36.4 Å². The van der Waals surface area contributed by atoms with Crippen LogP contribution in [0, 0.1) is 0 Å². The van der Waals surface area contributed by atoms with Crippen molar-refractivity contribution in [1.82, 2.24) is 5.32 Å². The Kier molecular flexibility index (Phi) is 3.63. The maximum absolute atomic E-state index is 12.0. The molecular formula is C15H15NO2. The van der Waals surface area contributed by atoms with E-state index in [0.717, 1.165) is 5.56 Å². The van der Waals surface area contributed by atoms with Gasteiger partial charge in [0.05, 0.1) is 6.04 Å². The average molecular weight is 241 g/mol. The Balaban J connectivity index is 2.08. The molecule has 0 aliphatic carbocycles. The summed E-state index contributed by atoms with van der Waals surface area (Å²) in [5.41, 5.74) is 1.50. The average Bonchev–Trinajstić information content (AvgIpc) is 2.39. The molecule has 2 rings (SSSR count). The van der Waals surface area contributed by atoms with Gasteiger partial charge in [0.25, 0.3) is 5.91 Å². The Morgan fingerprint density at radius 2 is 1.83 bits per heavy atom. The summed E-state index contributed by atoms with van der Waals surface area (Å²) in [6, 6.07) is 16.0. The number of phenolic OH excluding ortho intramolecular Hbond substituents is 1. The first kappa shape index (κ1) is 12.2. The van der Waals surface area contributed by atoms with Crippen molar-refractivity contribution in [3.05, 3.63) is 65.7 Å². The van der Waals surface area contributed by atoms with Crippen LogP contribution < -0.4 is 5.32 Å². The van der Waals surface area contributed by atoms with E-state index in [0.29, 0.717) is 5.56 Å². The number of benzene rings is 2. The summed E-state index contributed by atoms with van der Waals surface area (Å²) in [6.07, 6.45) is 0. The Morgan fingerprint density at radius 1 is 1.11 bits per heavy atom. The molecule has 0 fully saturated rings. The van der Waals surface area contributed by atoms with E-state index in [1.165, 1.54) is 12.1 Å². The molecule has 0 aliphatic rings. The van der Waals surface area contributed by atoms with E-state index in [2.05, 4.69) is 5.32 Å². The summed E-state index contributed by atoms with van der Waals surface area (Å²) in [5, 5.41) is 12.2. The third kappa shape index (κ3) is 2.88. The number of phenols is 1. The predicted octanol–water partition coefficient (Wildman–Crippen LogP) is 2.88. The van der Waals surface area contributed by atoms with Crippen LogP contribution in [0.5, 0.6) is 5.75 Å². The highest BCUT2D eigenvalue weighted by molar-refractivity contribution is 5.94. The van der Waals surface area contributed by atoms with Crippen LogP contribution in [0.25, 0.3) is 0 Å². The smallest absolute Gasteiger partial charge is 0.251 e. The van der Waals surface area contributed by atoms with Crippen LogP contribution in [0.3, 0.4) is 0 Å². The van der Waals surface area contributed by atoms with E-state index in [-0.39, 0.29) is 17.7 Å². The molecular weight excluding hydrogens is 226 g/mol. The van der Waals surface area contributed by atoms with Gasteiger partial charge in [-0.3, -0.25) is 4.79 Å². The summed E-state index contributed by atoms with van der Waals surface area (Å²) < 4.78 is 0. The highest BCUT2D eigenvalue weighted by atomic mass is 16.3. The van der Waals surface area contributed by atoms with Crippen molar-refractivity contribution >= 4 is 5.91 Å². The molecule has 0 aromatic heterocycles. The fourth-order valence-corrected chi connectivity index (χ4v) is 1.75. The number of carbonyl (C=O) groups excluding carboxylic acids is 1. The lowest BCUT2D eigenvalue weighted by Gasteiger charge is -2.14. The van der Waals surface area contributed by atoms with Crippen LogP contribution in [-0.4, -0.2) is 11.0 Å². The van der Waals surface area contributed by atoms with Crippen molar-refractivity contribution in [2.24, 2.45) is 0 Å². The van der Waals surface area contributed by atoms with Gasteiger partial charge >= 0.3 is 0 Å². The molecule has 0 bridgehead atoms. The maximum atomic E-state index is 12.0. The van der Waals surface area contributed by atoms with Crippen molar-refractivity contribution in [2.45, 2.75) is 13.0 Å². The summed E-state index contributed by atoms with van der Waals surface area (Å²) in [4.78, 5) is 12.0. The van der Waals surface area contributed by atoms with Crippen molar-refractivity contribution in [2.75, 3.05) is 0 Å².